The Hall–Kier alpha value is -2.16. The number of carboxylic acid groups (broad SMARTS) is 1. The van der Waals surface area contributed by atoms with Crippen molar-refractivity contribution in [2.24, 2.45) is 11.8 Å². The topological polar surface area (TPSA) is 142 Å². The summed E-state index contributed by atoms with van der Waals surface area (Å²) in [6, 6.07) is -1.43. The summed E-state index contributed by atoms with van der Waals surface area (Å²) in [5.74, 6) is -1.24. The molecule has 0 rings (SSSR count). The molecule has 0 heterocycles. The molecule has 2 amide bonds. The lowest BCUT2D eigenvalue weighted by Gasteiger charge is -2.18. The summed E-state index contributed by atoms with van der Waals surface area (Å²) in [6.45, 7) is 7.91. The summed E-state index contributed by atoms with van der Waals surface area (Å²) in [4.78, 5) is 48.1. The van der Waals surface area contributed by atoms with Crippen LogP contribution in [0.2, 0.25) is 0 Å². The second kappa shape index (κ2) is 29.3. The van der Waals surface area contributed by atoms with E-state index < -0.39 is 43.1 Å². The van der Waals surface area contributed by atoms with Gasteiger partial charge in [0.1, 0.15) is 12.1 Å². The number of aliphatic hydroxyl groups excluding tert-OH is 1. The summed E-state index contributed by atoms with van der Waals surface area (Å²) in [5.41, 5.74) is 0. The lowest BCUT2D eigenvalue weighted by atomic mass is 10.0. The average molecular weight is 641 g/mol. The number of carbonyl (C=O) groups is 4. The number of esters is 1. The van der Waals surface area contributed by atoms with Gasteiger partial charge in [-0.2, -0.15) is 0 Å². The van der Waals surface area contributed by atoms with Crippen LogP contribution in [0.1, 0.15) is 169 Å². The molecule has 0 saturated heterocycles. The van der Waals surface area contributed by atoms with Crippen LogP contribution in [0.15, 0.2) is 0 Å². The van der Waals surface area contributed by atoms with Gasteiger partial charge >= 0.3 is 11.9 Å². The monoisotopic (exact) mass is 641 g/mol. The van der Waals surface area contributed by atoms with E-state index in [0.29, 0.717) is 12.8 Å². The van der Waals surface area contributed by atoms with E-state index in [1.54, 1.807) is 0 Å². The number of ether oxygens (including phenoxy) is 1. The lowest BCUT2D eigenvalue weighted by Crippen LogP contribution is -2.47. The van der Waals surface area contributed by atoms with Gasteiger partial charge in [-0.15, -0.1) is 0 Å². The van der Waals surface area contributed by atoms with Crippen LogP contribution in [-0.2, 0) is 23.9 Å². The molecule has 0 aromatic rings. The predicted octanol–water partition coefficient (Wildman–Crippen LogP) is 7.47. The highest BCUT2D eigenvalue weighted by Crippen LogP contribution is 2.17. The maximum absolute atomic E-state index is 12.6. The first-order valence-corrected chi connectivity index (χ1v) is 18.1. The average Bonchev–Trinajstić information content (AvgIpc) is 2.97. The van der Waals surface area contributed by atoms with Gasteiger partial charge in [-0.1, -0.05) is 137 Å². The number of carboxylic acids is 1. The van der Waals surface area contributed by atoms with Crippen molar-refractivity contribution < 1.29 is 34.1 Å². The maximum Gasteiger partial charge on any atom is 0.328 e. The van der Waals surface area contributed by atoms with Crippen LogP contribution in [0.3, 0.4) is 0 Å². The number of rotatable bonds is 31. The molecule has 0 aliphatic rings. The molecule has 9 heteroatoms. The number of amides is 2. The minimum absolute atomic E-state index is 0.0472. The summed E-state index contributed by atoms with van der Waals surface area (Å²) in [7, 11) is 0. The fourth-order valence-corrected chi connectivity index (χ4v) is 5.38. The number of aliphatic hydroxyl groups is 1. The molecule has 0 aromatic carbocycles. The third-order valence-corrected chi connectivity index (χ3v) is 8.19. The van der Waals surface area contributed by atoms with Crippen molar-refractivity contribution >= 4 is 23.8 Å². The zero-order valence-electron chi connectivity index (χ0n) is 29.2. The first-order chi connectivity index (χ1) is 21.5. The normalized spacial score (nSPS) is 12.7. The van der Waals surface area contributed by atoms with Gasteiger partial charge in [0, 0.05) is 6.42 Å². The van der Waals surface area contributed by atoms with Gasteiger partial charge in [0.25, 0.3) is 0 Å². The van der Waals surface area contributed by atoms with Crippen LogP contribution in [0.4, 0.5) is 0 Å². The van der Waals surface area contributed by atoms with Crippen molar-refractivity contribution in [2.45, 2.75) is 181 Å². The SMILES string of the molecule is CC(C)CCCCCCCCCCCC(=O)OC(CCCCCCCCCCC(C)C)CC(=O)NCC(=O)NC(CO)C(=O)O. The molecule has 0 bridgehead atoms. The number of unbranched alkanes of at least 4 members (excludes halogenated alkanes) is 15. The second-order valence-corrected chi connectivity index (χ2v) is 13.6. The molecule has 0 spiro atoms. The van der Waals surface area contributed by atoms with Gasteiger partial charge in [0.2, 0.25) is 11.8 Å². The second-order valence-electron chi connectivity index (χ2n) is 13.6. The van der Waals surface area contributed by atoms with Crippen molar-refractivity contribution in [3.63, 3.8) is 0 Å². The van der Waals surface area contributed by atoms with Crippen molar-refractivity contribution in [2.75, 3.05) is 13.2 Å². The molecular formula is C36H68N2O7. The van der Waals surface area contributed by atoms with Gasteiger partial charge in [-0.25, -0.2) is 4.79 Å². The Bertz CT molecular complexity index is 773. The first kappa shape index (κ1) is 42.8. The predicted molar refractivity (Wildman–Crippen MR) is 181 cm³/mol. The third kappa shape index (κ3) is 29.0. The van der Waals surface area contributed by atoms with Crippen molar-refractivity contribution in [3.05, 3.63) is 0 Å². The molecule has 0 fully saturated rings. The fraction of sp³-hybridized carbons (Fsp3) is 0.889. The number of hydrogen-bond acceptors (Lipinski definition) is 6. The quantitative estimate of drug-likeness (QED) is 0.0455. The Kier molecular flexibility index (Phi) is 27.9. The van der Waals surface area contributed by atoms with E-state index in [4.69, 9.17) is 14.9 Å². The first-order valence-electron chi connectivity index (χ1n) is 18.1. The number of aliphatic carboxylic acids is 1. The van der Waals surface area contributed by atoms with E-state index in [1.165, 1.54) is 83.5 Å². The van der Waals surface area contributed by atoms with Crippen LogP contribution >= 0.6 is 0 Å². The molecule has 9 nitrogen and oxygen atoms in total. The Morgan fingerprint density at radius 3 is 1.44 bits per heavy atom. The van der Waals surface area contributed by atoms with E-state index in [2.05, 4.69) is 38.3 Å². The van der Waals surface area contributed by atoms with Gasteiger partial charge in [-0.3, -0.25) is 14.4 Å². The van der Waals surface area contributed by atoms with E-state index in [9.17, 15) is 19.2 Å². The lowest BCUT2D eigenvalue weighted by molar-refractivity contribution is -0.151. The highest BCUT2D eigenvalue weighted by atomic mass is 16.5. The summed E-state index contributed by atoms with van der Waals surface area (Å²) >= 11 is 0. The molecular weight excluding hydrogens is 572 g/mol. The Balaban J connectivity index is 4.43. The zero-order valence-corrected chi connectivity index (χ0v) is 29.2. The zero-order chi connectivity index (χ0) is 33.7. The molecule has 0 aromatic heterocycles. The minimum Gasteiger partial charge on any atom is -0.480 e. The smallest absolute Gasteiger partial charge is 0.328 e. The van der Waals surface area contributed by atoms with Crippen molar-refractivity contribution in [1.29, 1.82) is 0 Å². The molecule has 0 radical (unpaired) electrons. The van der Waals surface area contributed by atoms with E-state index in [-0.39, 0.29) is 12.4 Å². The Morgan fingerprint density at radius 1 is 0.600 bits per heavy atom. The Morgan fingerprint density at radius 2 is 1.02 bits per heavy atom. The Labute approximate surface area is 274 Å². The molecule has 4 N–H and O–H groups in total. The number of nitrogens with one attached hydrogen (secondary N) is 2. The minimum atomic E-state index is -1.43. The van der Waals surface area contributed by atoms with Crippen LogP contribution in [0.5, 0.6) is 0 Å². The molecule has 0 saturated carbocycles. The molecule has 2 atom stereocenters. The fourth-order valence-electron chi connectivity index (χ4n) is 5.38. The summed E-state index contributed by atoms with van der Waals surface area (Å²) in [5, 5.41) is 22.6. The standard InChI is InChI=1S/C36H68N2O7/c1-29(2)22-18-14-10-6-5-7-13-17-21-25-35(42)45-31(24-20-16-12-9-8-11-15-19-23-30(3)4)26-33(40)37-27-34(41)38-32(28-39)36(43)44/h29-32,39H,5-28H2,1-4H3,(H,37,40)(H,38,41)(H,43,44). The van der Waals surface area contributed by atoms with Crippen molar-refractivity contribution in [3.8, 4) is 0 Å². The van der Waals surface area contributed by atoms with Crippen LogP contribution in [0.25, 0.3) is 0 Å². The van der Waals surface area contributed by atoms with Crippen molar-refractivity contribution in [1.82, 2.24) is 10.6 Å². The maximum atomic E-state index is 12.6. The molecule has 45 heavy (non-hydrogen) atoms. The van der Waals surface area contributed by atoms with Crippen LogP contribution in [0, 0.1) is 11.8 Å². The molecule has 0 aliphatic carbocycles. The van der Waals surface area contributed by atoms with Gasteiger partial charge in [0.05, 0.1) is 19.6 Å². The summed E-state index contributed by atoms with van der Waals surface area (Å²) < 4.78 is 5.72. The van der Waals surface area contributed by atoms with Crippen LogP contribution in [-0.4, -0.2) is 59.3 Å². The third-order valence-electron chi connectivity index (χ3n) is 8.19. The van der Waals surface area contributed by atoms with E-state index in [0.717, 1.165) is 50.4 Å². The van der Waals surface area contributed by atoms with E-state index >= 15 is 0 Å². The largest absolute Gasteiger partial charge is 0.480 e. The number of hydrogen-bond donors (Lipinski definition) is 4. The van der Waals surface area contributed by atoms with Gasteiger partial charge in [-0.05, 0) is 31.1 Å². The highest BCUT2D eigenvalue weighted by Gasteiger charge is 2.21. The highest BCUT2D eigenvalue weighted by molar-refractivity contribution is 5.88. The van der Waals surface area contributed by atoms with Crippen LogP contribution < -0.4 is 10.6 Å². The molecule has 0 aliphatic heterocycles. The van der Waals surface area contributed by atoms with E-state index in [1.807, 2.05) is 0 Å². The summed E-state index contributed by atoms with van der Waals surface area (Å²) in [6.07, 6.45) is 22.8. The number of carbonyl (C=O) groups excluding carboxylic acids is 3. The molecule has 264 valence electrons. The van der Waals surface area contributed by atoms with Gasteiger partial charge < -0.3 is 25.6 Å². The van der Waals surface area contributed by atoms with Gasteiger partial charge in [0.15, 0.2) is 0 Å². The molecule has 2 unspecified atom stereocenters.